The molecule has 0 aromatic carbocycles. The van der Waals surface area contributed by atoms with Crippen LogP contribution in [0.25, 0.3) is 10.7 Å². The maximum atomic E-state index is 9.16. The molecule has 4 nitrogen and oxygen atoms in total. The number of rotatable bonds is 1. The quantitative estimate of drug-likeness (QED) is 0.455. The lowest BCUT2D eigenvalue weighted by molar-refractivity contribution is 0.511. The maximum absolute atomic E-state index is 9.16. The van der Waals surface area contributed by atoms with Crippen LogP contribution in [0, 0.1) is 5.39 Å². The molecule has 0 saturated heterocycles. The topological polar surface area (TPSA) is 61.3 Å². The minimum absolute atomic E-state index is 0.127. The minimum Gasteiger partial charge on any atom is -0.501 e. The first-order chi connectivity index (χ1) is 5.74. The Morgan fingerprint density at radius 2 is 2.42 bits per heavy atom. The molecule has 1 aromatic heterocycles. The average molecular weight is 227 g/mol. The summed E-state index contributed by atoms with van der Waals surface area (Å²) in [6.45, 7) is 0. The molecule has 1 N–H and O–H groups in total. The van der Waals surface area contributed by atoms with Gasteiger partial charge in [0.15, 0.2) is 4.98 Å². The van der Waals surface area contributed by atoms with Gasteiger partial charge >= 0.3 is 6.20 Å². The van der Waals surface area contributed by atoms with Crippen LogP contribution in [0.2, 0.25) is 0 Å². The van der Waals surface area contributed by atoms with Crippen LogP contribution in [0.15, 0.2) is 29.1 Å². The average Bonchev–Trinajstić information content (AvgIpc) is 2.06. The predicted molar refractivity (Wildman–Crippen MR) is 47.6 cm³/mol. The molecule has 0 amide bonds. The third-order valence-corrected chi connectivity index (χ3v) is 1.67. The smallest absolute Gasteiger partial charge is 0.392 e. The Hall–Kier alpha value is -1.41. The lowest BCUT2D eigenvalue weighted by atomic mass is 10.2. The Balaban J connectivity index is 2.99. The molecule has 1 aromatic rings. The highest BCUT2D eigenvalue weighted by Crippen LogP contribution is 2.12. The van der Waals surface area contributed by atoms with Crippen molar-refractivity contribution in [2.45, 2.75) is 0 Å². The second kappa shape index (κ2) is 3.83. The van der Waals surface area contributed by atoms with Crippen molar-refractivity contribution in [2.24, 2.45) is 0 Å². The van der Waals surface area contributed by atoms with E-state index >= 15 is 0 Å². The zero-order valence-corrected chi connectivity index (χ0v) is 7.56. The number of diazo groups is 1. The number of halogens is 1. The van der Waals surface area contributed by atoms with E-state index in [4.69, 9.17) is 10.5 Å². The van der Waals surface area contributed by atoms with E-state index in [1.54, 1.807) is 12.1 Å². The molecular weight excluding hydrogens is 222 g/mol. The fourth-order valence-electron chi connectivity index (χ4n) is 0.657. The van der Waals surface area contributed by atoms with Gasteiger partial charge in [-0.25, -0.2) is 4.98 Å². The Kier molecular flexibility index (Phi) is 2.77. The van der Waals surface area contributed by atoms with Gasteiger partial charge in [-0.3, -0.25) is 0 Å². The molecule has 0 bridgehead atoms. The van der Waals surface area contributed by atoms with Crippen molar-refractivity contribution in [3.63, 3.8) is 0 Å². The van der Waals surface area contributed by atoms with Gasteiger partial charge in [0.2, 0.25) is 11.2 Å². The highest BCUT2D eigenvalue weighted by molar-refractivity contribution is 9.10. The predicted octanol–water partition coefficient (Wildman–Crippen LogP) is 2.55. The van der Waals surface area contributed by atoms with Gasteiger partial charge in [-0.05, 0) is 28.1 Å². The van der Waals surface area contributed by atoms with Crippen molar-refractivity contribution in [1.82, 2.24) is 4.98 Å². The van der Waals surface area contributed by atoms with E-state index in [9.17, 15) is 0 Å². The first-order valence-electron chi connectivity index (χ1n) is 3.09. The summed E-state index contributed by atoms with van der Waals surface area (Å²) in [5.74, 6) is -0.127. The van der Waals surface area contributed by atoms with Crippen LogP contribution in [0.5, 0.6) is 0 Å². The molecule has 0 fully saturated rings. The minimum atomic E-state index is -0.127. The fraction of sp³-hybridized carbons (Fsp3) is 0. The summed E-state index contributed by atoms with van der Waals surface area (Å²) in [7, 11) is 0. The number of hydrogen-bond acceptors (Lipinski definition) is 3. The highest BCUT2D eigenvalue weighted by Gasteiger charge is 2.03. The lowest BCUT2D eigenvalue weighted by Gasteiger charge is -1.93. The van der Waals surface area contributed by atoms with Crippen LogP contribution in [0.4, 0.5) is 0 Å². The molecule has 0 aliphatic rings. The maximum Gasteiger partial charge on any atom is 0.392 e. The number of aliphatic hydroxyl groups excluding tert-OH is 1. The molecule has 60 valence electrons. The van der Waals surface area contributed by atoms with Gasteiger partial charge in [-0.2, -0.15) is 0 Å². The van der Waals surface area contributed by atoms with E-state index < -0.39 is 0 Å². The van der Waals surface area contributed by atoms with Gasteiger partial charge in [0.1, 0.15) is 4.60 Å². The summed E-state index contributed by atoms with van der Waals surface area (Å²) < 4.78 is 0.681. The monoisotopic (exact) mass is 226 g/mol. The molecular formula is C7H5BrN3O+. The number of pyridine rings is 1. The molecule has 1 heterocycles. The van der Waals surface area contributed by atoms with E-state index in [2.05, 4.69) is 25.9 Å². The second-order valence-corrected chi connectivity index (χ2v) is 2.81. The van der Waals surface area contributed by atoms with E-state index in [1.807, 2.05) is 0 Å². The number of aromatic nitrogens is 1. The largest absolute Gasteiger partial charge is 0.501 e. The highest BCUT2D eigenvalue weighted by atomic mass is 79.9. The molecule has 0 aliphatic carbocycles. The van der Waals surface area contributed by atoms with E-state index in [0.717, 1.165) is 6.20 Å². The van der Waals surface area contributed by atoms with Crippen molar-refractivity contribution in [3.8, 4) is 0 Å². The molecule has 0 spiro atoms. The lowest BCUT2D eigenvalue weighted by Crippen LogP contribution is -1.83. The Labute approximate surface area is 77.3 Å². The standard InChI is InChI=1S/C7H4BrN3O/c8-7-2-1-5(3-10-7)6(12)4-11-9/h1-4H/p+1/b6-4+. The Morgan fingerprint density at radius 3 is 2.92 bits per heavy atom. The summed E-state index contributed by atoms with van der Waals surface area (Å²) in [6, 6.07) is 3.32. The summed E-state index contributed by atoms with van der Waals surface area (Å²) in [5, 5.41) is 17.3. The van der Waals surface area contributed by atoms with Crippen LogP contribution < -0.4 is 0 Å². The zero-order valence-electron chi connectivity index (χ0n) is 5.98. The van der Waals surface area contributed by atoms with E-state index in [0.29, 0.717) is 10.2 Å². The molecule has 0 radical (unpaired) electrons. The molecule has 12 heavy (non-hydrogen) atoms. The van der Waals surface area contributed by atoms with Crippen LogP contribution in [-0.4, -0.2) is 10.1 Å². The first kappa shape index (κ1) is 8.68. The normalized spacial score (nSPS) is 10.8. The molecule has 5 heteroatoms. The van der Waals surface area contributed by atoms with Crippen LogP contribution in [0.1, 0.15) is 5.56 Å². The van der Waals surface area contributed by atoms with Crippen molar-refractivity contribution in [1.29, 1.82) is 5.39 Å². The number of aliphatic hydroxyl groups is 1. The molecule has 0 aliphatic heterocycles. The van der Waals surface area contributed by atoms with Crippen LogP contribution in [-0.2, 0) is 0 Å². The van der Waals surface area contributed by atoms with E-state index in [-0.39, 0.29) is 5.76 Å². The van der Waals surface area contributed by atoms with Gasteiger partial charge < -0.3 is 5.11 Å². The fourth-order valence-corrected chi connectivity index (χ4v) is 0.891. The molecule has 0 saturated carbocycles. The zero-order chi connectivity index (χ0) is 8.97. The third kappa shape index (κ3) is 2.04. The van der Waals surface area contributed by atoms with Gasteiger partial charge in [0.25, 0.3) is 0 Å². The van der Waals surface area contributed by atoms with Gasteiger partial charge in [-0.15, -0.1) is 0 Å². The van der Waals surface area contributed by atoms with Crippen LogP contribution in [0.3, 0.4) is 0 Å². The Morgan fingerprint density at radius 1 is 1.67 bits per heavy atom. The summed E-state index contributed by atoms with van der Waals surface area (Å²) >= 11 is 3.15. The van der Waals surface area contributed by atoms with E-state index in [1.165, 1.54) is 6.20 Å². The van der Waals surface area contributed by atoms with Crippen molar-refractivity contribution < 1.29 is 5.11 Å². The second-order valence-electron chi connectivity index (χ2n) is 2.00. The molecule has 1 rings (SSSR count). The summed E-state index contributed by atoms with van der Waals surface area (Å²) in [5.41, 5.74) is 0.496. The Bertz CT molecular complexity index is 339. The van der Waals surface area contributed by atoms with Gasteiger partial charge in [-0.1, -0.05) is 0 Å². The summed E-state index contributed by atoms with van der Waals surface area (Å²) in [4.78, 5) is 6.56. The van der Waals surface area contributed by atoms with Gasteiger partial charge in [0, 0.05) is 11.8 Å². The number of nitrogens with zero attached hydrogens (tertiary/aromatic N) is 3. The SMILES string of the molecule is N#[N+]/C=C(/O)c1ccc(Br)nc1. The third-order valence-electron chi connectivity index (χ3n) is 1.20. The van der Waals surface area contributed by atoms with Crippen molar-refractivity contribution in [2.75, 3.05) is 0 Å². The molecule has 0 atom stereocenters. The number of hydrogen-bond donors (Lipinski definition) is 1. The van der Waals surface area contributed by atoms with Gasteiger partial charge in [0.05, 0.1) is 0 Å². The molecule has 0 unspecified atom stereocenters. The summed E-state index contributed by atoms with van der Waals surface area (Å²) in [6.07, 6.45) is 2.39. The first-order valence-corrected chi connectivity index (χ1v) is 3.88. The van der Waals surface area contributed by atoms with Crippen molar-refractivity contribution >= 4 is 21.7 Å². The van der Waals surface area contributed by atoms with Crippen LogP contribution >= 0.6 is 15.9 Å². The van der Waals surface area contributed by atoms with Crippen molar-refractivity contribution in [3.05, 3.63) is 39.7 Å².